The van der Waals surface area contributed by atoms with Crippen LogP contribution in [-0.4, -0.2) is 30.5 Å². The van der Waals surface area contributed by atoms with E-state index in [-0.39, 0.29) is 10.8 Å². The van der Waals surface area contributed by atoms with Gasteiger partial charge >= 0.3 is 0 Å². The van der Waals surface area contributed by atoms with Gasteiger partial charge in [0, 0.05) is 24.2 Å². The molecule has 0 N–H and O–H groups in total. The number of thiazole rings is 1. The first kappa shape index (κ1) is 21.7. The Hall–Kier alpha value is -3.10. The molecule has 0 fully saturated rings. The summed E-state index contributed by atoms with van der Waals surface area (Å²) in [6, 6.07) is 14.6. The normalized spacial score (nSPS) is 13.6. The van der Waals surface area contributed by atoms with Crippen LogP contribution < -0.4 is 4.90 Å². The fraction of sp³-hybridized carbons (Fsp3) is 0.240. The number of benzene rings is 2. The van der Waals surface area contributed by atoms with Gasteiger partial charge < -0.3 is 0 Å². The van der Waals surface area contributed by atoms with Gasteiger partial charge in [-0.3, -0.25) is 14.7 Å². The highest BCUT2D eigenvalue weighted by molar-refractivity contribution is 7.90. The van der Waals surface area contributed by atoms with Gasteiger partial charge in [-0.25, -0.2) is 13.4 Å². The third kappa shape index (κ3) is 4.54. The van der Waals surface area contributed by atoms with Gasteiger partial charge in [0.1, 0.15) is 0 Å². The number of rotatable bonds is 5. The van der Waals surface area contributed by atoms with Crippen LogP contribution in [0.4, 0.5) is 5.13 Å². The van der Waals surface area contributed by atoms with Gasteiger partial charge in [-0.1, -0.05) is 23.5 Å². The molecule has 4 aromatic rings. The number of hydrogen-bond donors (Lipinski definition) is 0. The van der Waals surface area contributed by atoms with Crippen LogP contribution in [0.25, 0.3) is 10.2 Å². The highest BCUT2D eigenvalue weighted by Crippen LogP contribution is 2.33. The van der Waals surface area contributed by atoms with Gasteiger partial charge in [0.05, 0.1) is 21.7 Å². The Morgan fingerprint density at radius 3 is 2.64 bits per heavy atom. The Balaban J connectivity index is 1.56. The minimum absolute atomic E-state index is 0.130. The Morgan fingerprint density at radius 1 is 1.06 bits per heavy atom. The number of amides is 1. The third-order valence-corrected chi connectivity index (χ3v) is 8.06. The molecule has 168 valence electrons. The van der Waals surface area contributed by atoms with E-state index in [0.717, 1.165) is 29.5 Å². The van der Waals surface area contributed by atoms with Crippen molar-refractivity contribution in [2.75, 3.05) is 11.2 Å². The molecule has 2 aromatic carbocycles. The highest BCUT2D eigenvalue weighted by atomic mass is 32.2. The molecule has 0 spiro atoms. The summed E-state index contributed by atoms with van der Waals surface area (Å²) in [6.07, 6.45) is 9.01. The molecule has 33 heavy (non-hydrogen) atoms. The van der Waals surface area contributed by atoms with Crippen LogP contribution in [0.3, 0.4) is 0 Å². The SMILES string of the molecule is CS(=O)(=O)c1ccc2nc(N(Cc3cccnc3)C(=O)c3ccc4c(c3)CCCC4)sc2c1. The van der Waals surface area contributed by atoms with Crippen molar-refractivity contribution in [1.82, 2.24) is 9.97 Å². The van der Waals surface area contributed by atoms with E-state index in [1.807, 2.05) is 24.3 Å². The van der Waals surface area contributed by atoms with E-state index in [4.69, 9.17) is 0 Å². The molecule has 1 aliphatic rings. The number of aryl methyl sites for hydroxylation is 2. The van der Waals surface area contributed by atoms with Crippen molar-refractivity contribution in [2.24, 2.45) is 0 Å². The number of pyridine rings is 1. The summed E-state index contributed by atoms with van der Waals surface area (Å²) in [5, 5.41) is 0.530. The molecule has 2 aromatic heterocycles. The zero-order valence-electron chi connectivity index (χ0n) is 18.2. The lowest BCUT2D eigenvalue weighted by molar-refractivity contribution is 0.0985. The largest absolute Gasteiger partial charge is 0.279 e. The van der Waals surface area contributed by atoms with Crippen LogP contribution in [-0.2, 0) is 29.2 Å². The molecule has 1 amide bonds. The number of anilines is 1. The maximum Gasteiger partial charge on any atom is 0.260 e. The lowest BCUT2D eigenvalue weighted by Gasteiger charge is -2.22. The molecule has 5 rings (SSSR count). The number of carbonyl (C=O) groups is 1. The second kappa shape index (κ2) is 8.68. The Labute approximate surface area is 196 Å². The minimum atomic E-state index is -3.33. The standard InChI is InChI=1S/C25H23N3O3S2/c1-33(30,31)21-10-11-22-23(14-21)32-25(27-22)28(16-17-5-4-12-26-15-17)24(29)20-9-8-18-6-2-3-7-19(18)13-20/h4-5,8-15H,2-3,6-7,16H2,1H3. The van der Waals surface area contributed by atoms with Gasteiger partial charge in [0.15, 0.2) is 15.0 Å². The van der Waals surface area contributed by atoms with Crippen molar-refractivity contribution in [1.29, 1.82) is 0 Å². The summed E-state index contributed by atoms with van der Waals surface area (Å²) in [7, 11) is -3.33. The molecule has 0 saturated carbocycles. The summed E-state index contributed by atoms with van der Waals surface area (Å²) >= 11 is 1.32. The molecule has 0 saturated heterocycles. The van der Waals surface area contributed by atoms with Crippen molar-refractivity contribution in [3.05, 3.63) is 83.2 Å². The van der Waals surface area contributed by atoms with Gasteiger partial charge in [0.2, 0.25) is 0 Å². The van der Waals surface area contributed by atoms with Gasteiger partial charge in [-0.15, -0.1) is 0 Å². The molecule has 0 aliphatic heterocycles. The first-order chi connectivity index (χ1) is 15.9. The smallest absolute Gasteiger partial charge is 0.260 e. The van der Waals surface area contributed by atoms with E-state index in [2.05, 4.69) is 16.0 Å². The van der Waals surface area contributed by atoms with Crippen LogP contribution in [0.5, 0.6) is 0 Å². The van der Waals surface area contributed by atoms with Gasteiger partial charge in [0.25, 0.3) is 5.91 Å². The summed E-state index contributed by atoms with van der Waals surface area (Å²) in [6.45, 7) is 0.322. The molecular weight excluding hydrogens is 454 g/mol. The molecule has 0 bridgehead atoms. The lowest BCUT2D eigenvalue weighted by atomic mass is 9.90. The van der Waals surface area contributed by atoms with E-state index in [0.29, 0.717) is 22.8 Å². The molecule has 0 radical (unpaired) electrons. The number of nitrogens with zero attached hydrogens (tertiary/aromatic N) is 3. The maximum atomic E-state index is 13.7. The fourth-order valence-corrected chi connectivity index (χ4v) is 5.89. The Morgan fingerprint density at radius 2 is 1.88 bits per heavy atom. The van der Waals surface area contributed by atoms with Gasteiger partial charge in [-0.05, 0) is 78.8 Å². The second-order valence-corrected chi connectivity index (χ2v) is 11.4. The number of carbonyl (C=O) groups excluding carboxylic acids is 1. The zero-order chi connectivity index (χ0) is 23.0. The second-order valence-electron chi connectivity index (χ2n) is 8.34. The predicted molar refractivity (Wildman–Crippen MR) is 131 cm³/mol. The molecule has 0 unspecified atom stereocenters. The van der Waals surface area contributed by atoms with Crippen LogP contribution in [0.1, 0.15) is 39.9 Å². The molecule has 8 heteroatoms. The summed E-state index contributed by atoms with van der Waals surface area (Å²) < 4.78 is 24.7. The lowest BCUT2D eigenvalue weighted by Crippen LogP contribution is -2.30. The summed E-state index contributed by atoms with van der Waals surface area (Å²) in [5.74, 6) is -0.130. The third-order valence-electron chi connectivity index (χ3n) is 5.91. The minimum Gasteiger partial charge on any atom is -0.279 e. The molecule has 6 nitrogen and oxygen atoms in total. The Bertz CT molecular complexity index is 1450. The van der Waals surface area contributed by atoms with Crippen LogP contribution >= 0.6 is 11.3 Å². The van der Waals surface area contributed by atoms with E-state index in [9.17, 15) is 13.2 Å². The van der Waals surface area contributed by atoms with E-state index in [1.54, 1.807) is 35.5 Å². The average Bonchev–Trinajstić information content (AvgIpc) is 3.25. The molecule has 1 aliphatic carbocycles. The number of fused-ring (bicyclic) bond motifs is 2. The first-order valence-electron chi connectivity index (χ1n) is 10.8. The number of aromatic nitrogens is 2. The quantitative estimate of drug-likeness (QED) is 0.412. The van der Waals surface area contributed by atoms with Crippen molar-refractivity contribution < 1.29 is 13.2 Å². The van der Waals surface area contributed by atoms with E-state index >= 15 is 0 Å². The van der Waals surface area contributed by atoms with Crippen molar-refractivity contribution >= 4 is 42.4 Å². The molecule has 2 heterocycles. The van der Waals surface area contributed by atoms with Gasteiger partial charge in [-0.2, -0.15) is 0 Å². The maximum absolute atomic E-state index is 13.7. The predicted octanol–water partition coefficient (Wildman–Crippen LogP) is 4.82. The van der Waals surface area contributed by atoms with Crippen molar-refractivity contribution in [3.8, 4) is 0 Å². The average molecular weight is 478 g/mol. The summed E-state index contributed by atoms with van der Waals surface area (Å²) in [5.41, 5.74) is 4.76. The number of sulfone groups is 1. The molecular formula is C25H23N3O3S2. The van der Waals surface area contributed by atoms with Crippen molar-refractivity contribution in [2.45, 2.75) is 37.1 Å². The fourth-order valence-electron chi connectivity index (χ4n) is 4.16. The number of hydrogen-bond acceptors (Lipinski definition) is 6. The van der Waals surface area contributed by atoms with Crippen molar-refractivity contribution in [3.63, 3.8) is 0 Å². The van der Waals surface area contributed by atoms with Crippen LogP contribution in [0, 0.1) is 0 Å². The highest BCUT2D eigenvalue weighted by Gasteiger charge is 2.23. The zero-order valence-corrected chi connectivity index (χ0v) is 19.8. The summed E-state index contributed by atoms with van der Waals surface area (Å²) in [4.78, 5) is 24.5. The topological polar surface area (TPSA) is 80.2 Å². The van der Waals surface area contributed by atoms with Crippen LogP contribution in [0.2, 0.25) is 0 Å². The Kier molecular flexibility index (Phi) is 5.72. The monoisotopic (exact) mass is 477 g/mol. The molecule has 0 atom stereocenters. The van der Waals surface area contributed by atoms with Crippen LogP contribution in [0.15, 0.2) is 65.8 Å². The first-order valence-corrected chi connectivity index (χ1v) is 13.5. The van der Waals surface area contributed by atoms with E-state index < -0.39 is 9.84 Å². The van der Waals surface area contributed by atoms with E-state index in [1.165, 1.54) is 35.1 Å².